The molecule has 0 aromatic heterocycles. The predicted molar refractivity (Wildman–Crippen MR) is 67.0 cm³/mol. The molecule has 0 aromatic carbocycles. The molecule has 18 heavy (non-hydrogen) atoms. The van der Waals surface area contributed by atoms with Gasteiger partial charge in [-0.15, -0.1) is 0 Å². The Bertz CT molecular complexity index is 354. The molecule has 0 saturated carbocycles. The Hall–Kier alpha value is -1.10. The highest BCUT2D eigenvalue weighted by Crippen LogP contribution is 2.29. The fourth-order valence-corrected chi connectivity index (χ4v) is 2.63. The molecule has 1 N–H and O–H groups in total. The van der Waals surface area contributed by atoms with Crippen LogP contribution < -0.4 is 5.32 Å². The molecule has 2 rings (SSSR count). The summed E-state index contributed by atoms with van der Waals surface area (Å²) < 4.78 is 5.90. The van der Waals surface area contributed by atoms with Crippen molar-refractivity contribution in [3.8, 4) is 0 Å². The summed E-state index contributed by atoms with van der Waals surface area (Å²) in [5.41, 5.74) is -0.0841. The third-order valence-corrected chi connectivity index (χ3v) is 3.65. The fourth-order valence-electron chi connectivity index (χ4n) is 2.63. The van der Waals surface area contributed by atoms with Crippen LogP contribution in [-0.2, 0) is 14.3 Å². The topological polar surface area (TPSA) is 58.6 Å². The van der Waals surface area contributed by atoms with Gasteiger partial charge in [-0.25, -0.2) is 0 Å². The molecule has 5 nitrogen and oxygen atoms in total. The standard InChI is InChI=1S/C13H22N2O3/c1-9-12(17)15(7-5-11(16)14-9)8-10-4-6-13(2,3)18-10/h9-10H,4-8H2,1-3H3,(H,14,16). The summed E-state index contributed by atoms with van der Waals surface area (Å²) in [5.74, 6) is -0.0554. The Kier molecular flexibility index (Phi) is 3.61. The lowest BCUT2D eigenvalue weighted by molar-refractivity contribution is -0.135. The van der Waals surface area contributed by atoms with Crippen LogP contribution >= 0.6 is 0 Å². The molecule has 0 bridgehead atoms. The maximum Gasteiger partial charge on any atom is 0.244 e. The molecule has 0 aliphatic carbocycles. The molecule has 102 valence electrons. The summed E-state index contributed by atoms with van der Waals surface area (Å²) in [6, 6.07) is -0.422. The summed E-state index contributed by atoms with van der Waals surface area (Å²) in [6.45, 7) is 6.98. The van der Waals surface area contributed by atoms with Crippen molar-refractivity contribution in [3.05, 3.63) is 0 Å². The third kappa shape index (κ3) is 3.02. The number of amides is 2. The van der Waals surface area contributed by atoms with E-state index in [0.717, 1.165) is 12.8 Å². The number of hydrogen-bond acceptors (Lipinski definition) is 3. The van der Waals surface area contributed by atoms with Crippen molar-refractivity contribution in [2.75, 3.05) is 13.1 Å². The van der Waals surface area contributed by atoms with Crippen molar-refractivity contribution in [1.29, 1.82) is 0 Å². The van der Waals surface area contributed by atoms with Crippen molar-refractivity contribution in [1.82, 2.24) is 10.2 Å². The maximum absolute atomic E-state index is 12.1. The molecular weight excluding hydrogens is 232 g/mol. The quantitative estimate of drug-likeness (QED) is 0.788. The number of carbonyl (C=O) groups is 2. The number of nitrogens with one attached hydrogen (secondary N) is 1. The van der Waals surface area contributed by atoms with Crippen molar-refractivity contribution in [2.45, 2.75) is 57.8 Å². The van der Waals surface area contributed by atoms with E-state index in [1.54, 1.807) is 11.8 Å². The summed E-state index contributed by atoms with van der Waals surface area (Å²) in [5, 5.41) is 2.69. The molecule has 2 fully saturated rings. The Morgan fingerprint density at radius 3 is 2.78 bits per heavy atom. The van der Waals surface area contributed by atoms with Crippen LogP contribution in [0.3, 0.4) is 0 Å². The van der Waals surface area contributed by atoms with E-state index in [9.17, 15) is 9.59 Å². The van der Waals surface area contributed by atoms with Crippen molar-refractivity contribution in [3.63, 3.8) is 0 Å². The van der Waals surface area contributed by atoms with Gasteiger partial charge >= 0.3 is 0 Å². The number of rotatable bonds is 2. The zero-order chi connectivity index (χ0) is 13.3. The molecule has 5 heteroatoms. The van der Waals surface area contributed by atoms with Gasteiger partial charge in [0, 0.05) is 19.5 Å². The van der Waals surface area contributed by atoms with Crippen LogP contribution in [0.2, 0.25) is 0 Å². The molecule has 2 aliphatic heterocycles. The van der Waals surface area contributed by atoms with E-state index in [2.05, 4.69) is 19.2 Å². The fraction of sp³-hybridized carbons (Fsp3) is 0.846. The highest BCUT2D eigenvalue weighted by Gasteiger charge is 2.35. The van der Waals surface area contributed by atoms with Gasteiger partial charge in [0.05, 0.1) is 11.7 Å². The van der Waals surface area contributed by atoms with Gasteiger partial charge in [-0.05, 0) is 33.6 Å². The second-order valence-electron chi connectivity index (χ2n) is 5.86. The zero-order valence-electron chi connectivity index (χ0n) is 11.4. The lowest BCUT2D eigenvalue weighted by atomic mass is 10.1. The van der Waals surface area contributed by atoms with Gasteiger partial charge in [-0.3, -0.25) is 9.59 Å². The lowest BCUT2D eigenvalue weighted by Gasteiger charge is -2.26. The van der Waals surface area contributed by atoms with Gasteiger partial charge in [0.2, 0.25) is 11.8 Å². The molecule has 2 saturated heterocycles. The van der Waals surface area contributed by atoms with E-state index in [-0.39, 0.29) is 23.5 Å². The monoisotopic (exact) mass is 254 g/mol. The predicted octanol–water partition coefficient (Wildman–Crippen LogP) is 0.681. The number of ether oxygens (including phenoxy) is 1. The maximum atomic E-state index is 12.1. The van der Waals surface area contributed by atoms with Gasteiger partial charge in [-0.2, -0.15) is 0 Å². The summed E-state index contributed by atoms with van der Waals surface area (Å²) in [6.07, 6.45) is 2.48. The van der Waals surface area contributed by atoms with E-state index in [4.69, 9.17) is 4.74 Å². The smallest absolute Gasteiger partial charge is 0.244 e. The van der Waals surface area contributed by atoms with E-state index < -0.39 is 6.04 Å². The lowest BCUT2D eigenvalue weighted by Crippen LogP contribution is -2.45. The van der Waals surface area contributed by atoms with Crippen LogP contribution in [0.25, 0.3) is 0 Å². The Morgan fingerprint density at radius 1 is 1.44 bits per heavy atom. The second kappa shape index (κ2) is 4.88. The van der Waals surface area contributed by atoms with E-state index in [1.165, 1.54) is 0 Å². The largest absolute Gasteiger partial charge is 0.371 e. The SMILES string of the molecule is CC1NC(=O)CCN(CC2CCC(C)(C)O2)C1=O. The van der Waals surface area contributed by atoms with Gasteiger partial charge in [0.15, 0.2) is 0 Å². The molecule has 2 atom stereocenters. The summed E-state index contributed by atoms with van der Waals surface area (Å²) in [4.78, 5) is 25.3. The highest BCUT2D eigenvalue weighted by atomic mass is 16.5. The number of carbonyl (C=O) groups excluding carboxylic acids is 2. The third-order valence-electron chi connectivity index (χ3n) is 3.65. The van der Waals surface area contributed by atoms with Crippen molar-refractivity contribution < 1.29 is 14.3 Å². The molecule has 0 aromatic rings. The Labute approximate surface area is 108 Å². The molecule has 2 heterocycles. The Morgan fingerprint density at radius 2 is 2.17 bits per heavy atom. The van der Waals surface area contributed by atoms with E-state index in [0.29, 0.717) is 19.5 Å². The zero-order valence-corrected chi connectivity index (χ0v) is 11.4. The van der Waals surface area contributed by atoms with Gasteiger partial charge < -0.3 is 15.0 Å². The first kappa shape index (κ1) is 13.3. The highest BCUT2D eigenvalue weighted by molar-refractivity contribution is 5.89. The van der Waals surface area contributed by atoms with Crippen LogP contribution in [0.1, 0.15) is 40.0 Å². The van der Waals surface area contributed by atoms with Gasteiger partial charge in [-0.1, -0.05) is 0 Å². The van der Waals surface area contributed by atoms with E-state index >= 15 is 0 Å². The molecule has 2 amide bonds. The van der Waals surface area contributed by atoms with Crippen LogP contribution in [0.5, 0.6) is 0 Å². The van der Waals surface area contributed by atoms with Gasteiger partial charge in [0.1, 0.15) is 6.04 Å². The summed E-state index contributed by atoms with van der Waals surface area (Å²) >= 11 is 0. The minimum absolute atomic E-state index is 0.00541. The van der Waals surface area contributed by atoms with Crippen molar-refractivity contribution in [2.24, 2.45) is 0 Å². The normalized spacial score (nSPS) is 32.3. The minimum atomic E-state index is -0.422. The van der Waals surface area contributed by atoms with Crippen molar-refractivity contribution >= 4 is 11.8 Å². The van der Waals surface area contributed by atoms with Crippen LogP contribution in [-0.4, -0.2) is 47.6 Å². The molecule has 2 unspecified atom stereocenters. The number of hydrogen-bond donors (Lipinski definition) is 1. The molecular formula is C13H22N2O3. The average molecular weight is 254 g/mol. The molecule has 2 aliphatic rings. The molecule has 0 spiro atoms. The Balaban J connectivity index is 1.96. The molecule has 0 radical (unpaired) electrons. The number of nitrogens with zero attached hydrogens (tertiary/aromatic N) is 1. The second-order valence-corrected chi connectivity index (χ2v) is 5.86. The van der Waals surface area contributed by atoms with E-state index in [1.807, 2.05) is 0 Å². The van der Waals surface area contributed by atoms with Crippen LogP contribution in [0.15, 0.2) is 0 Å². The first-order valence-electron chi connectivity index (χ1n) is 6.63. The minimum Gasteiger partial charge on any atom is -0.371 e. The first-order valence-corrected chi connectivity index (χ1v) is 6.63. The average Bonchev–Trinajstić information content (AvgIpc) is 2.57. The van der Waals surface area contributed by atoms with Crippen LogP contribution in [0, 0.1) is 0 Å². The van der Waals surface area contributed by atoms with Gasteiger partial charge in [0.25, 0.3) is 0 Å². The first-order chi connectivity index (χ1) is 8.37. The van der Waals surface area contributed by atoms with Crippen LogP contribution in [0.4, 0.5) is 0 Å². The summed E-state index contributed by atoms with van der Waals surface area (Å²) in [7, 11) is 0.